The molecule has 3 rings (SSSR count). The lowest BCUT2D eigenvalue weighted by Gasteiger charge is -2.08. The molecule has 2 aromatic carbocycles. The van der Waals surface area contributed by atoms with Crippen LogP contribution in [0.4, 0.5) is 5.69 Å². The first kappa shape index (κ1) is 18.8. The first-order valence-corrected chi connectivity index (χ1v) is 9.34. The van der Waals surface area contributed by atoms with Gasteiger partial charge in [0.2, 0.25) is 5.91 Å². The van der Waals surface area contributed by atoms with E-state index < -0.39 is 0 Å². The number of hydrogen-bond acceptors (Lipinski definition) is 3. The molecule has 0 bridgehead atoms. The zero-order valence-corrected chi connectivity index (χ0v) is 15.8. The minimum Gasteiger partial charge on any atom is -0.494 e. The van der Waals surface area contributed by atoms with Crippen LogP contribution in [0.25, 0.3) is 11.0 Å². The third-order valence-electron chi connectivity index (χ3n) is 4.38. The maximum atomic E-state index is 12.7. The number of rotatable bonds is 8. The zero-order chi connectivity index (χ0) is 19.2. The van der Waals surface area contributed by atoms with Crippen molar-refractivity contribution < 1.29 is 9.53 Å². The molecular formula is C21H25N3O3. The molecule has 0 aliphatic rings. The summed E-state index contributed by atoms with van der Waals surface area (Å²) in [5, 5.41) is 2.86. The van der Waals surface area contributed by atoms with E-state index in [-0.39, 0.29) is 18.0 Å². The number of aryl methyl sites for hydroxylation is 2. The van der Waals surface area contributed by atoms with Crippen LogP contribution in [0.15, 0.2) is 53.3 Å². The molecule has 0 aliphatic heterocycles. The number of carbonyl (C=O) groups excluding carboxylic acids is 1. The van der Waals surface area contributed by atoms with Crippen LogP contribution in [-0.4, -0.2) is 21.6 Å². The Kier molecular flexibility index (Phi) is 5.96. The van der Waals surface area contributed by atoms with Crippen LogP contribution in [-0.2, 0) is 17.9 Å². The van der Waals surface area contributed by atoms with Gasteiger partial charge < -0.3 is 10.1 Å². The van der Waals surface area contributed by atoms with Crippen LogP contribution in [0.5, 0.6) is 5.75 Å². The molecule has 3 aromatic rings. The number of aromatic nitrogens is 2. The van der Waals surface area contributed by atoms with Crippen molar-refractivity contribution in [3.8, 4) is 5.75 Å². The first-order chi connectivity index (χ1) is 13.1. The smallest absolute Gasteiger partial charge is 0.329 e. The fourth-order valence-electron chi connectivity index (χ4n) is 3.17. The first-order valence-electron chi connectivity index (χ1n) is 9.34. The summed E-state index contributed by atoms with van der Waals surface area (Å²) in [6.07, 6.45) is 1.11. The molecule has 27 heavy (non-hydrogen) atoms. The van der Waals surface area contributed by atoms with Gasteiger partial charge in [-0.3, -0.25) is 13.9 Å². The Labute approximate surface area is 158 Å². The van der Waals surface area contributed by atoms with Crippen LogP contribution in [0.1, 0.15) is 26.7 Å². The molecule has 0 aliphatic carbocycles. The Hall–Kier alpha value is -3.02. The quantitative estimate of drug-likeness (QED) is 0.661. The summed E-state index contributed by atoms with van der Waals surface area (Å²) in [5.41, 5.74) is 2.43. The van der Waals surface area contributed by atoms with Gasteiger partial charge in [0.1, 0.15) is 5.75 Å². The molecule has 0 radical (unpaired) electrons. The maximum absolute atomic E-state index is 12.7. The van der Waals surface area contributed by atoms with Gasteiger partial charge in [0, 0.05) is 25.2 Å². The molecular weight excluding hydrogens is 342 g/mol. The predicted octanol–water partition coefficient (Wildman–Crippen LogP) is 3.64. The molecule has 0 spiro atoms. The monoisotopic (exact) mass is 367 g/mol. The summed E-state index contributed by atoms with van der Waals surface area (Å²) in [7, 11) is 0. The van der Waals surface area contributed by atoms with Gasteiger partial charge in [-0.2, -0.15) is 0 Å². The van der Waals surface area contributed by atoms with Gasteiger partial charge in [-0.05, 0) is 49.7 Å². The number of carbonyl (C=O) groups is 1. The average molecular weight is 367 g/mol. The number of para-hydroxylation sites is 2. The highest BCUT2D eigenvalue weighted by atomic mass is 16.5. The van der Waals surface area contributed by atoms with Crippen molar-refractivity contribution in [3.63, 3.8) is 0 Å². The molecule has 1 amide bonds. The fourth-order valence-corrected chi connectivity index (χ4v) is 3.17. The standard InChI is InChI=1S/C21H25N3O3/c1-3-14-23-18-7-5-6-8-19(18)24(21(23)26)15-13-20(25)22-16-9-11-17(12-10-16)27-4-2/h5-12H,3-4,13-15H2,1-2H3,(H,22,25). The lowest BCUT2D eigenvalue weighted by Crippen LogP contribution is -2.26. The number of anilines is 1. The lowest BCUT2D eigenvalue weighted by atomic mass is 10.3. The third-order valence-corrected chi connectivity index (χ3v) is 4.38. The molecule has 1 N–H and O–H groups in total. The number of ether oxygens (including phenoxy) is 1. The molecule has 1 aromatic heterocycles. The summed E-state index contributed by atoms with van der Waals surface area (Å²) in [4.78, 5) is 25.0. The molecule has 0 saturated heterocycles. The van der Waals surface area contributed by atoms with Gasteiger partial charge in [-0.25, -0.2) is 4.79 Å². The molecule has 0 atom stereocenters. The van der Waals surface area contributed by atoms with Gasteiger partial charge in [0.25, 0.3) is 0 Å². The van der Waals surface area contributed by atoms with E-state index >= 15 is 0 Å². The Morgan fingerprint density at radius 2 is 1.59 bits per heavy atom. The number of nitrogens with one attached hydrogen (secondary N) is 1. The van der Waals surface area contributed by atoms with Crippen LogP contribution in [0, 0.1) is 0 Å². The maximum Gasteiger partial charge on any atom is 0.329 e. The van der Waals surface area contributed by atoms with E-state index in [9.17, 15) is 9.59 Å². The third kappa shape index (κ3) is 4.22. The van der Waals surface area contributed by atoms with E-state index in [2.05, 4.69) is 5.32 Å². The van der Waals surface area contributed by atoms with Gasteiger partial charge in [-0.15, -0.1) is 0 Å². The van der Waals surface area contributed by atoms with E-state index in [1.165, 1.54) is 0 Å². The number of imidazole rings is 1. The molecule has 6 nitrogen and oxygen atoms in total. The predicted molar refractivity (Wildman–Crippen MR) is 107 cm³/mol. The lowest BCUT2D eigenvalue weighted by molar-refractivity contribution is -0.116. The Morgan fingerprint density at radius 3 is 2.19 bits per heavy atom. The van der Waals surface area contributed by atoms with Crippen molar-refractivity contribution in [2.45, 2.75) is 39.8 Å². The highest BCUT2D eigenvalue weighted by Gasteiger charge is 2.13. The van der Waals surface area contributed by atoms with Gasteiger partial charge in [0.15, 0.2) is 0 Å². The SMILES string of the molecule is CCCn1c(=O)n(CCC(=O)Nc2ccc(OCC)cc2)c2ccccc21. The number of amides is 1. The number of benzene rings is 2. The molecule has 6 heteroatoms. The molecule has 1 heterocycles. The Bertz CT molecular complexity index is 970. The van der Waals surface area contributed by atoms with E-state index in [4.69, 9.17) is 4.74 Å². The zero-order valence-electron chi connectivity index (χ0n) is 15.8. The van der Waals surface area contributed by atoms with Crippen LogP contribution in [0.2, 0.25) is 0 Å². The van der Waals surface area contributed by atoms with Crippen molar-refractivity contribution in [2.75, 3.05) is 11.9 Å². The van der Waals surface area contributed by atoms with Crippen molar-refractivity contribution in [1.29, 1.82) is 0 Å². The minimum absolute atomic E-state index is 0.0630. The average Bonchev–Trinajstić information content (AvgIpc) is 2.94. The van der Waals surface area contributed by atoms with Gasteiger partial charge >= 0.3 is 5.69 Å². The second kappa shape index (κ2) is 8.58. The van der Waals surface area contributed by atoms with Crippen molar-refractivity contribution in [1.82, 2.24) is 9.13 Å². The van der Waals surface area contributed by atoms with Crippen molar-refractivity contribution in [2.24, 2.45) is 0 Å². The van der Waals surface area contributed by atoms with Crippen LogP contribution in [0.3, 0.4) is 0 Å². The van der Waals surface area contributed by atoms with E-state index in [0.29, 0.717) is 25.4 Å². The molecule has 142 valence electrons. The molecule has 0 fully saturated rings. The number of nitrogens with zero attached hydrogens (tertiary/aromatic N) is 2. The van der Waals surface area contributed by atoms with E-state index in [1.54, 1.807) is 9.13 Å². The van der Waals surface area contributed by atoms with E-state index in [1.807, 2.05) is 62.4 Å². The van der Waals surface area contributed by atoms with Gasteiger partial charge in [0.05, 0.1) is 17.6 Å². The highest BCUT2D eigenvalue weighted by Crippen LogP contribution is 2.16. The largest absolute Gasteiger partial charge is 0.494 e. The normalized spacial score (nSPS) is 10.9. The number of hydrogen-bond donors (Lipinski definition) is 1. The summed E-state index contributed by atoms with van der Waals surface area (Å²) in [6.45, 7) is 5.59. The van der Waals surface area contributed by atoms with Gasteiger partial charge in [-0.1, -0.05) is 19.1 Å². The second-order valence-electron chi connectivity index (χ2n) is 6.33. The topological polar surface area (TPSA) is 65.3 Å². The Morgan fingerprint density at radius 1 is 0.963 bits per heavy atom. The summed E-state index contributed by atoms with van der Waals surface area (Å²) in [6, 6.07) is 15.0. The van der Waals surface area contributed by atoms with Crippen molar-refractivity contribution in [3.05, 3.63) is 59.0 Å². The van der Waals surface area contributed by atoms with Crippen LogP contribution >= 0.6 is 0 Å². The minimum atomic E-state index is -0.126. The highest BCUT2D eigenvalue weighted by molar-refractivity contribution is 5.90. The summed E-state index contributed by atoms with van der Waals surface area (Å²) < 4.78 is 8.86. The molecule has 0 saturated carbocycles. The second-order valence-corrected chi connectivity index (χ2v) is 6.33. The summed E-state index contributed by atoms with van der Waals surface area (Å²) >= 11 is 0. The van der Waals surface area contributed by atoms with Crippen molar-refractivity contribution >= 4 is 22.6 Å². The fraction of sp³-hybridized carbons (Fsp3) is 0.333. The van der Waals surface area contributed by atoms with Crippen LogP contribution < -0.4 is 15.7 Å². The molecule has 0 unspecified atom stereocenters. The van der Waals surface area contributed by atoms with E-state index in [0.717, 1.165) is 23.2 Å². The Balaban J connectivity index is 1.70. The summed E-state index contributed by atoms with van der Waals surface area (Å²) in [5.74, 6) is 0.643. The number of fused-ring (bicyclic) bond motifs is 1.